The Morgan fingerprint density at radius 2 is 1.78 bits per heavy atom. The Morgan fingerprint density at radius 3 is 2.48 bits per heavy atom. The van der Waals surface area contributed by atoms with Gasteiger partial charge in [0.15, 0.2) is 5.11 Å². The van der Waals surface area contributed by atoms with E-state index in [4.69, 9.17) is 17.0 Å². The van der Waals surface area contributed by atoms with Crippen LogP contribution in [0.4, 0.5) is 5.69 Å². The molecular formula is C19H24N2OS. The maximum atomic E-state index is 5.86. The first-order valence-corrected chi connectivity index (χ1v) is 8.30. The van der Waals surface area contributed by atoms with Gasteiger partial charge in [-0.1, -0.05) is 49.7 Å². The Hall–Kier alpha value is -2.07. The minimum atomic E-state index is 0.448. The maximum absolute atomic E-state index is 5.86. The van der Waals surface area contributed by atoms with Gasteiger partial charge in [-0.2, -0.15) is 0 Å². The van der Waals surface area contributed by atoms with Gasteiger partial charge in [-0.15, -0.1) is 0 Å². The normalized spacial score (nSPS) is 10.4. The second-order valence-electron chi connectivity index (χ2n) is 5.79. The van der Waals surface area contributed by atoms with E-state index in [1.54, 1.807) is 0 Å². The summed E-state index contributed by atoms with van der Waals surface area (Å²) in [5.41, 5.74) is 3.44. The van der Waals surface area contributed by atoms with Gasteiger partial charge in [0.1, 0.15) is 12.4 Å². The zero-order valence-corrected chi connectivity index (χ0v) is 14.7. The van der Waals surface area contributed by atoms with Crippen molar-refractivity contribution in [3.05, 3.63) is 59.7 Å². The molecule has 2 aromatic rings. The Kier molecular flexibility index (Phi) is 6.41. The molecule has 0 aromatic heterocycles. The minimum absolute atomic E-state index is 0.448. The lowest BCUT2D eigenvalue weighted by Crippen LogP contribution is -2.32. The van der Waals surface area contributed by atoms with E-state index in [-0.39, 0.29) is 0 Å². The third kappa shape index (κ3) is 5.57. The van der Waals surface area contributed by atoms with Crippen molar-refractivity contribution >= 4 is 23.0 Å². The van der Waals surface area contributed by atoms with E-state index in [1.165, 1.54) is 11.1 Å². The highest BCUT2D eigenvalue weighted by atomic mass is 32.1. The second-order valence-corrected chi connectivity index (χ2v) is 6.20. The molecule has 2 N–H and O–H groups in total. The standard InChI is InChI=1S/C19H24N2OS/c1-14(2)17-6-4-5-7-18(17)22-13-12-20-19(23)21-16-10-8-15(3)9-11-16/h4-11,14H,12-13H2,1-3H3,(H2,20,21,23). The Bertz CT molecular complexity index is 638. The first-order valence-electron chi connectivity index (χ1n) is 7.89. The summed E-state index contributed by atoms with van der Waals surface area (Å²) in [6, 6.07) is 16.3. The number of benzene rings is 2. The van der Waals surface area contributed by atoms with E-state index in [2.05, 4.69) is 49.6 Å². The highest BCUT2D eigenvalue weighted by Gasteiger charge is 2.06. The van der Waals surface area contributed by atoms with Gasteiger partial charge in [0.05, 0.1) is 6.54 Å². The molecule has 122 valence electrons. The summed E-state index contributed by atoms with van der Waals surface area (Å²) in [6.07, 6.45) is 0. The Balaban J connectivity index is 1.75. The van der Waals surface area contributed by atoms with Gasteiger partial charge in [0.2, 0.25) is 0 Å². The average Bonchev–Trinajstić information content (AvgIpc) is 2.54. The molecule has 0 fully saturated rings. The molecule has 4 heteroatoms. The molecule has 0 aliphatic heterocycles. The molecule has 0 saturated heterocycles. The van der Waals surface area contributed by atoms with Crippen molar-refractivity contribution in [3.8, 4) is 5.75 Å². The number of thiocarbonyl (C=S) groups is 1. The maximum Gasteiger partial charge on any atom is 0.170 e. The van der Waals surface area contributed by atoms with Crippen LogP contribution in [0.25, 0.3) is 0 Å². The van der Waals surface area contributed by atoms with Gasteiger partial charge in [-0.25, -0.2) is 0 Å². The SMILES string of the molecule is Cc1ccc(NC(=S)NCCOc2ccccc2C(C)C)cc1. The summed E-state index contributed by atoms with van der Waals surface area (Å²) in [7, 11) is 0. The molecule has 0 aliphatic rings. The molecule has 23 heavy (non-hydrogen) atoms. The van der Waals surface area contributed by atoms with E-state index in [0.29, 0.717) is 24.2 Å². The number of rotatable bonds is 6. The van der Waals surface area contributed by atoms with Crippen LogP contribution in [0, 0.1) is 6.92 Å². The molecule has 0 radical (unpaired) electrons. The van der Waals surface area contributed by atoms with Crippen LogP contribution in [0.3, 0.4) is 0 Å². The number of nitrogens with one attached hydrogen (secondary N) is 2. The third-order valence-electron chi connectivity index (χ3n) is 3.50. The second kappa shape index (κ2) is 8.53. The summed E-state index contributed by atoms with van der Waals surface area (Å²) in [5, 5.41) is 6.93. The lowest BCUT2D eigenvalue weighted by atomic mass is 10.0. The van der Waals surface area contributed by atoms with Crippen LogP contribution in [0.2, 0.25) is 0 Å². The fourth-order valence-corrected chi connectivity index (χ4v) is 2.45. The highest BCUT2D eigenvalue weighted by Crippen LogP contribution is 2.25. The Labute approximate surface area is 144 Å². The zero-order valence-electron chi connectivity index (χ0n) is 13.9. The number of hydrogen-bond acceptors (Lipinski definition) is 2. The summed E-state index contributed by atoms with van der Waals surface area (Å²) in [5.74, 6) is 1.39. The fourth-order valence-electron chi connectivity index (χ4n) is 2.23. The molecule has 0 spiro atoms. The monoisotopic (exact) mass is 328 g/mol. The average molecular weight is 328 g/mol. The van der Waals surface area contributed by atoms with Crippen molar-refractivity contribution in [2.45, 2.75) is 26.7 Å². The van der Waals surface area contributed by atoms with Crippen molar-refractivity contribution in [1.82, 2.24) is 5.32 Å². The van der Waals surface area contributed by atoms with E-state index in [0.717, 1.165) is 11.4 Å². The van der Waals surface area contributed by atoms with Crippen molar-refractivity contribution in [3.63, 3.8) is 0 Å². The van der Waals surface area contributed by atoms with Crippen LogP contribution in [0.1, 0.15) is 30.9 Å². The molecular weight excluding hydrogens is 304 g/mol. The van der Waals surface area contributed by atoms with Crippen molar-refractivity contribution < 1.29 is 4.74 Å². The number of anilines is 1. The lowest BCUT2D eigenvalue weighted by Gasteiger charge is -2.15. The first-order chi connectivity index (χ1) is 11.1. The van der Waals surface area contributed by atoms with Crippen LogP contribution in [-0.2, 0) is 0 Å². The van der Waals surface area contributed by atoms with Crippen LogP contribution in [0.15, 0.2) is 48.5 Å². The Morgan fingerprint density at radius 1 is 1.09 bits per heavy atom. The largest absolute Gasteiger partial charge is 0.491 e. The third-order valence-corrected chi connectivity index (χ3v) is 3.74. The number of para-hydroxylation sites is 1. The zero-order chi connectivity index (χ0) is 16.7. The molecule has 0 bridgehead atoms. The van der Waals surface area contributed by atoms with Gasteiger partial charge >= 0.3 is 0 Å². The highest BCUT2D eigenvalue weighted by molar-refractivity contribution is 7.80. The van der Waals surface area contributed by atoms with Crippen LogP contribution in [-0.4, -0.2) is 18.3 Å². The minimum Gasteiger partial charge on any atom is -0.491 e. The van der Waals surface area contributed by atoms with Crippen LogP contribution in [0.5, 0.6) is 5.75 Å². The van der Waals surface area contributed by atoms with Crippen molar-refractivity contribution in [2.75, 3.05) is 18.5 Å². The topological polar surface area (TPSA) is 33.3 Å². The van der Waals surface area contributed by atoms with Gasteiger partial charge in [0.25, 0.3) is 0 Å². The van der Waals surface area contributed by atoms with Gasteiger partial charge in [-0.3, -0.25) is 0 Å². The molecule has 3 nitrogen and oxygen atoms in total. The molecule has 0 amide bonds. The molecule has 0 heterocycles. The van der Waals surface area contributed by atoms with Gasteiger partial charge < -0.3 is 15.4 Å². The van der Waals surface area contributed by atoms with Crippen molar-refractivity contribution in [1.29, 1.82) is 0 Å². The van der Waals surface area contributed by atoms with E-state index >= 15 is 0 Å². The molecule has 2 aromatic carbocycles. The first kappa shape index (κ1) is 17.3. The lowest BCUT2D eigenvalue weighted by molar-refractivity contribution is 0.318. The summed E-state index contributed by atoms with van der Waals surface area (Å²) in [6.45, 7) is 7.62. The smallest absolute Gasteiger partial charge is 0.170 e. The predicted molar refractivity (Wildman–Crippen MR) is 101 cm³/mol. The predicted octanol–water partition coefficient (Wildman–Crippen LogP) is 4.48. The van der Waals surface area contributed by atoms with E-state index < -0.39 is 0 Å². The van der Waals surface area contributed by atoms with Gasteiger partial charge in [-0.05, 0) is 48.8 Å². The van der Waals surface area contributed by atoms with Gasteiger partial charge in [0, 0.05) is 5.69 Å². The number of hydrogen-bond donors (Lipinski definition) is 2. The molecule has 2 rings (SSSR count). The van der Waals surface area contributed by atoms with Crippen LogP contribution < -0.4 is 15.4 Å². The molecule has 0 unspecified atom stereocenters. The number of aryl methyl sites for hydroxylation is 1. The van der Waals surface area contributed by atoms with Crippen molar-refractivity contribution in [2.24, 2.45) is 0 Å². The molecule has 0 aliphatic carbocycles. The quantitative estimate of drug-likeness (QED) is 0.605. The number of ether oxygens (including phenoxy) is 1. The van der Waals surface area contributed by atoms with Crippen LogP contribution >= 0.6 is 12.2 Å². The summed E-state index contributed by atoms with van der Waals surface area (Å²) >= 11 is 5.29. The van der Waals surface area contributed by atoms with E-state index in [9.17, 15) is 0 Å². The van der Waals surface area contributed by atoms with E-state index in [1.807, 2.05) is 30.3 Å². The summed E-state index contributed by atoms with van der Waals surface area (Å²) < 4.78 is 5.86. The molecule has 0 saturated carbocycles. The molecule has 0 atom stereocenters. The summed E-state index contributed by atoms with van der Waals surface area (Å²) in [4.78, 5) is 0. The fraction of sp³-hybridized carbons (Fsp3) is 0.316.